The van der Waals surface area contributed by atoms with Gasteiger partial charge in [-0.3, -0.25) is 0 Å². The Kier molecular flexibility index (Phi) is 3.65. The van der Waals surface area contributed by atoms with Crippen LogP contribution in [-0.4, -0.2) is 13.1 Å². The van der Waals surface area contributed by atoms with Crippen LogP contribution in [0.5, 0.6) is 0 Å². The maximum atomic E-state index is 3.55. The predicted molar refractivity (Wildman–Crippen MR) is 56.8 cm³/mol. The minimum Gasteiger partial charge on any atom is -0.316 e. The van der Waals surface area contributed by atoms with Crippen molar-refractivity contribution in [2.45, 2.75) is 51.4 Å². The molecule has 1 saturated heterocycles. The lowest BCUT2D eigenvalue weighted by Crippen LogP contribution is -2.34. The third-order valence-corrected chi connectivity index (χ3v) is 3.90. The number of rotatable bonds is 1. The first-order valence-electron chi connectivity index (χ1n) is 6.17. The van der Waals surface area contributed by atoms with Gasteiger partial charge in [0.15, 0.2) is 0 Å². The number of nitrogens with one attached hydrogen (secondary N) is 1. The van der Waals surface area contributed by atoms with Gasteiger partial charge in [0.25, 0.3) is 0 Å². The van der Waals surface area contributed by atoms with Crippen molar-refractivity contribution in [1.82, 2.24) is 5.32 Å². The zero-order valence-electron chi connectivity index (χ0n) is 8.73. The van der Waals surface area contributed by atoms with E-state index >= 15 is 0 Å². The SMILES string of the molecule is C1CCCC([C@@H]2CCCNC2)CC1. The van der Waals surface area contributed by atoms with E-state index in [-0.39, 0.29) is 0 Å². The summed E-state index contributed by atoms with van der Waals surface area (Å²) in [4.78, 5) is 0. The summed E-state index contributed by atoms with van der Waals surface area (Å²) in [6.45, 7) is 2.58. The Morgan fingerprint density at radius 1 is 0.692 bits per heavy atom. The summed E-state index contributed by atoms with van der Waals surface area (Å²) in [5.41, 5.74) is 0. The molecule has 1 heteroatoms. The zero-order valence-corrected chi connectivity index (χ0v) is 8.73. The molecular weight excluding hydrogens is 158 g/mol. The van der Waals surface area contributed by atoms with Crippen LogP contribution in [0.1, 0.15) is 51.4 Å². The molecule has 0 aromatic heterocycles. The molecule has 0 unspecified atom stereocenters. The zero-order chi connectivity index (χ0) is 8.93. The average Bonchev–Trinajstić information content (AvgIpc) is 2.47. The van der Waals surface area contributed by atoms with E-state index in [2.05, 4.69) is 5.32 Å². The van der Waals surface area contributed by atoms with Gasteiger partial charge in [0.2, 0.25) is 0 Å². The van der Waals surface area contributed by atoms with Crippen molar-refractivity contribution in [2.24, 2.45) is 11.8 Å². The van der Waals surface area contributed by atoms with Crippen LogP contribution in [0.3, 0.4) is 0 Å². The molecule has 1 aliphatic carbocycles. The van der Waals surface area contributed by atoms with Gasteiger partial charge in [0.1, 0.15) is 0 Å². The van der Waals surface area contributed by atoms with Gasteiger partial charge in [-0.2, -0.15) is 0 Å². The van der Waals surface area contributed by atoms with Crippen LogP contribution in [0.4, 0.5) is 0 Å². The van der Waals surface area contributed by atoms with Gasteiger partial charge in [0.05, 0.1) is 0 Å². The molecule has 0 aromatic carbocycles. The highest BCUT2D eigenvalue weighted by Crippen LogP contribution is 2.32. The smallest absolute Gasteiger partial charge is 0.00179 e. The highest BCUT2D eigenvalue weighted by Gasteiger charge is 2.23. The molecule has 0 amide bonds. The van der Waals surface area contributed by atoms with Crippen LogP contribution in [0, 0.1) is 11.8 Å². The second-order valence-electron chi connectivity index (χ2n) is 4.86. The molecule has 2 aliphatic rings. The van der Waals surface area contributed by atoms with Crippen LogP contribution < -0.4 is 5.32 Å². The fourth-order valence-corrected chi connectivity index (χ4v) is 3.06. The molecule has 13 heavy (non-hydrogen) atoms. The molecule has 1 heterocycles. The maximum absolute atomic E-state index is 3.55. The minimum atomic E-state index is 1.02. The van der Waals surface area contributed by atoms with Crippen LogP contribution >= 0.6 is 0 Å². The topological polar surface area (TPSA) is 12.0 Å². The van der Waals surface area contributed by atoms with Crippen molar-refractivity contribution in [3.63, 3.8) is 0 Å². The van der Waals surface area contributed by atoms with E-state index in [9.17, 15) is 0 Å². The summed E-state index contributed by atoms with van der Waals surface area (Å²) in [6.07, 6.45) is 12.0. The van der Waals surface area contributed by atoms with Gasteiger partial charge in [-0.25, -0.2) is 0 Å². The Morgan fingerprint density at radius 2 is 1.38 bits per heavy atom. The van der Waals surface area contributed by atoms with Crippen molar-refractivity contribution >= 4 is 0 Å². The van der Waals surface area contributed by atoms with E-state index in [4.69, 9.17) is 0 Å². The Morgan fingerprint density at radius 3 is 2.00 bits per heavy atom. The second-order valence-corrected chi connectivity index (χ2v) is 4.86. The molecule has 2 rings (SSSR count). The monoisotopic (exact) mass is 181 g/mol. The van der Waals surface area contributed by atoms with Gasteiger partial charge in [-0.05, 0) is 37.8 Å². The van der Waals surface area contributed by atoms with E-state index in [0.29, 0.717) is 0 Å². The fraction of sp³-hybridized carbons (Fsp3) is 1.00. The van der Waals surface area contributed by atoms with Crippen LogP contribution in [-0.2, 0) is 0 Å². The minimum absolute atomic E-state index is 1.02. The Bertz CT molecular complexity index is 130. The first-order valence-corrected chi connectivity index (χ1v) is 6.17. The Balaban J connectivity index is 1.82. The van der Waals surface area contributed by atoms with Crippen LogP contribution in [0.2, 0.25) is 0 Å². The van der Waals surface area contributed by atoms with E-state index < -0.39 is 0 Å². The lowest BCUT2D eigenvalue weighted by atomic mass is 9.82. The quantitative estimate of drug-likeness (QED) is 0.613. The summed E-state index contributed by atoms with van der Waals surface area (Å²) in [6, 6.07) is 0. The van der Waals surface area contributed by atoms with Crippen LogP contribution in [0.15, 0.2) is 0 Å². The Hall–Kier alpha value is -0.0400. The number of piperidine rings is 1. The normalized spacial score (nSPS) is 32.8. The summed E-state index contributed by atoms with van der Waals surface area (Å²) in [7, 11) is 0. The first-order chi connectivity index (χ1) is 6.47. The molecule has 0 spiro atoms. The van der Waals surface area contributed by atoms with Gasteiger partial charge < -0.3 is 5.32 Å². The highest BCUT2D eigenvalue weighted by molar-refractivity contribution is 4.77. The third kappa shape index (κ3) is 2.70. The van der Waals surface area contributed by atoms with Gasteiger partial charge >= 0.3 is 0 Å². The summed E-state index contributed by atoms with van der Waals surface area (Å²) in [5.74, 6) is 2.09. The van der Waals surface area contributed by atoms with Crippen LogP contribution in [0.25, 0.3) is 0 Å². The summed E-state index contributed by atoms with van der Waals surface area (Å²) >= 11 is 0. The van der Waals surface area contributed by atoms with E-state index in [0.717, 1.165) is 11.8 Å². The fourth-order valence-electron chi connectivity index (χ4n) is 3.06. The van der Waals surface area contributed by atoms with E-state index in [1.165, 1.54) is 64.5 Å². The summed E-state index contributed by atoms with van der Waals surface area (Å²) in [5, 5.41) is 3.55. The molecule has 0 aromatic rings. The molecular formula is C12H23N. The van der Waals surface area contributed by atoms with Gasteiger partial charge in [-0.15, -0.1) is 0 Å². The van der Waals surface area contributed by atoms with E-state index in [1.54, 1.807) is 0 Å². The maximum Gasteiger partial charge on any atom is -0.00179 e. The molecule has 76 valence electrons. The standard InChI is InChI=1S/C12H23N/c1-2-4-7-11(6-3-1)12-8-5-9-13-10-12/h11-13H,1-10H2/t12-/m1/s1. The molecule has 1 nitrogen and oxygen atoms in total. The lowest BCUT2D eigenvalue weighted by Gasteiger charge is -2.30. The van der Waals surface area contributed by atoms with E-state index in [1.807, 2.05) is 0 Å². The average molecular weight is 181 g/mol. The predicted octanol–water partition coefficient (Wildman–Crippen LogP) is 2.96. The summed E-state index contributed by atoms with van der Waals surface area (Å²) < 4.78 is 0. The molecule has 1 aliphatic heterocycles. The molecule has 2 fully saturated rings. The van der Waals surface area contributed by atoms with Crippen molar-refractivity contribution < 1.29 is 0 Å². The van der Waals surface area contributed by atoms with Gasteiger partial charge in [0, 0.05) is 0 Å². The van der Waals surface area contributed by atoms with Crippen molar-refractivity contribution in [2.75, 3.05) is 13.1 Å². The molecule has 0 bridgehead atoms. The first kappa shape index (κ1) is 9.51. The van der Waals surface area contributed by atoms with Crippen molar-refractivity contribution in [3.05, 3.63) is 0 Å². The lowest BCUT2D eigenvalue weighted by molar-refractivity contribution is 0.241. The Labute approximate surface area is 82.3 Å². The second kappa shape index (κ2) is 4.99. The number of hydrogen-bond acceptors (Lipinski definition) is 1. The third-order valence-electron chi connectivity index (χ3n) is 3.90. The van der Waals surface area contributed by atoms with Crippen molar-refractivity contribution in [1.29, 1.82) is 0 Å². The largest absolute Gasteiger partial charge is 0.316 e. The highest BCUT2D eigenvalue weighted by atomic mass is 14.9. The number of hydrogen-bond donors (Lipinski definition) is 1. The van der Waals surface area contributed by atoms with Crippen molar-refractivity contribution in [3.8, 4) is 0 Å². The molecule has 1 saturated carbocycles. The molecule has 0 radical (unpaired) electrons. The van der Waals surface area contributed by atoms with Gasteiger partial charge in [-0.1, -0.05) is 38.5 Å². The molecule has 1 atom stereocenters. The molecule has 1 N–H and O–H groups in total.